The fourth-order valence-corrected chi connectivity index (χ4v) is 2.15. The van der Waals surface area contributed by atoms with Crippen molar-refractivity contribution in [2.75, 3.05) is 0 Å². The van der Waals surface area contributed by atoms with Crippen LogP contribution in [0.1, 0.15) is 34.1 Å². The molecule has 4 nitrogen and oxygen atoms in total. The van der Waals surface area contributed by atoms with Crippen LogP contribution in [0.25, 0.3) is 0 Å². The van der Waals surface area contributed by atoms with E-state index in [1.807, 2.05) is 32.6 Å². The predicted molar refractivity (Wildman–Crippen MR) is 53.7 cm³/mol. The number of hydrogen-bond donors (Lipinski definition) is 1. The van der Waals surface area contributed by atoms with Crippen molar-refractivity contribution in [1.29, 1.82) is 0 Å². The van der Waals surface area contributed by atoms with E-state index >= 15 is 0 Å². The Kier molecular flexibility index (Phi) is 2.83. The van der Waals surface area contributed by atoms with Gasteiger partial charge in [0.05, 0.1) is 0 Å². The molecule has 0 saturated carbocycles. The van der Waals surface area contributed by atoms with Gasteiger partial charge in [-0.1, -0.05) is 0 Å². The van der Waals surface area contributed by atoms with Gasteiger partial charge < -0.3 is 10.2 Å². The number of rotatable bonds is 2. The molecule has 0 aromatic heterocycles. The van der Waals surface area contributed by atoms with Gasteiger partial charge in [0.25, 0.3) is 0 Å². The Morgan fingerprint density at radius 1 is 1.50 bits per heavy atom. The van der Waals surface area contributed by atoms with E-state index in [2.05, 4.69) is 5.32 Å². The molecule has 1 rings (SSSR count). The molecular formula is C10H18N2O2. The quantitative estimate of drug-likeness (QED) is 0.658. The number of nitrogens with one attached hydrogen (secondary N) is 1. The third kappa shape index (κ3) is 1.89. The second kappa shape index (κ2) is 3.59. The molecule has 1 unspecified atom stereocenters. The van der Waals surface area contributed by atoms with E-state index in [1.165, 1.54) is 0 Å². The van der Waals surface area contributed by atoms with Crippen molar-refractivity contribution < 1.29 is 9.59 Å². The first-order valence-electron chi connectivity index (χ1n) is 4.91. The normalized spacial score (nSPS) is 28.0. The highest BCUT2D eigenvalue weighted by Gasteiger charge is 2.42. The van der Waals surface area contributed by atoms with Crippen LogP contribution >= 0.6 is 0 Å². The molecule has 1 aliphatic rings. The first-order valence-corrected chi connectivity index (χ1v) is 4.91. The molecule has 80 valence electrons. The zero-order valence-electron chi connectivity index (χ0n) is 9.20. The molecule has 1 heterocycles. The van der Waals surface area contributed by atoms with Gasteiger partial charge in [0.15, 0.2) is 0 Å². The minimum absolute atomic E-state index is 0.0251. The number of hydrogen-bond acceptors (Lipinski definition) is 2. The van der Waals surface area contributed by atoms with Gasteiger partial charge in [-0.25, -0.2) is 0 Å². The summed E-state index contributed by atoms with van der Waals surface area (Å²) >= 11 is 0. The minimum Gasteiger partial charge on any atom is -0.347 e. The lowest BCUT2D eigenvalue weighted by Crippen LogP contribution is -2.48. The van der Waals surface area contributed by atoms with E-state index in [4.69, 9.17) is 0 Å². The van der Waals surface area contributed by atoms with E-state index in [0.717, 1.165) is 0 Å². The van der Waals surface area contributed by atoms with Gasteiger partial charge in [0, 0.05) is 11.6 Å². The molecule has 4 heteroatoms. The number of amides is 2. The van der Waals surface area contributed by atoms with Crippen LogP contribution in [-0.4, -0.2) is 34.8 Å². The van der Waals surface area contributed by atoms with Gasteiger partial charge in [-0.05, 0) is 34.1 Å². The van der Waals surface area contributed by atoms with Crippen LogP contribution in [0, 0.1) is 0 Å². The van der Waals surface area contributed by atoms with E-state index in [-0.39, 0.29) is 23.5 Å². The minimum atomic E-state index is -0.332. The molecule has 1 N–H and O–H groups in total. The summed E-state index contributed by atoms with van der Waals surface area (Å²) in [5, 5.41) is 2.55. The third-order valence-corrected chi connectivity index (χ3v) is 2.55. The molecule has 0 aromatic carbocycles. The van der Waals surface area contributed by atoms with Crippen LogP contribution < -0.4 is 5.32 Å². The Balaban J connectivity index is 2.80. The summed E-state index contributed by atoms with van der Waals surface area (Å²) in [6.45, 7) is 8.02. The summed E-state index contributed by atoms with van der Waals surface area (Å²) in [4.78, 5) is 24.0. The van der Waals surface area contributed by atoms with Gasteiger partial charge in [-0.3, -0.25) is 9.59 Å². The highest BCUT2D eigenvalue weighted by molar-refractivity contribution is 5.86. The second-order valence-electron chi connectivity index (χ2n) is 4.80. The second-order valence-corrected chi connectivity index (χ2v) is 4.80. The zero-order chi connectivity index (χ0) is 10.9. The van der Waals surface area contributed by atoms with Crippen molar-refractivity contribution in [1.82, 2.24) is 10.2 Å². The van der Waals surface area contributed by atoms with Crippen molar-refractivity contribution in [2.45, 2.75) is 51.7 Å². The summed E-state index contributed by atoms with van der Waals surface area (Å²) in [7, 11) is 0. The molecule has 14 heavy (non-hydrogen) atoms. The lowest BCUT2D eigenvalue weighted by atomic mass is 10.1. The molecule has 0 radical (unpaired) electrons. The lowest BCUT2D eigenvalue weighted by Gasteiger charge is -2.35. The largest absolute Gasteiger partial charge is 0.347 e. The summed E-state index contributed by atoms with van der Waals surface area (Å²) in [6, 6.07) is -0.137. The van der Waals surface area contributed by atoms with Crippen molar-refractivity contribution in [3.63, 3.8) is 0 Å². The number of likely N-dealkylation sites (tertiary alicyclic amines) is 1. The maximum Gasteiger partial charge on any atom is 0.245 e. The Morgan fingerprint density at radius 2 is 2.07 bits per heavy atom. The van der Waals surface area contributed by atoms with Crippen molar-refractivity contribution in [3.05, 3.63) is 0 Å². The maximum atomic E-state index is 11.9. The highest BCUT2D eigenvalue weighted by atomic mass is 16.2. The predicted octanol–water partition coefficient (Wildman–Crippen LogP) is 0.520. The molecule has 1 fully saturated rings. The molecular weight excluding hydrogens is 180 g/mol. The SMILES string of the molecule is CC1C[C@@H](NC=O)C(=O)N1C(C)(C)C. The van der Waals surface area contributed by atoms with E-state index in [0.29, 0.717) is 12.8 Å². The van der Waals surface area contributed by atoms with Gasteiger partial charge in [-0.15, -0.1) is 0 Å². The Labute approximate surface area is 84.7 Å². The summed E-state index contributed by atoms with van der Waals surface area (Å²) in [6.07, 6.45) is 1.30. The van der Waals surface area contributed by atoms with Gasteiger partial charge >= 0.3 is 0 Å². The summed E-state index contributed by atoms with van der Waals surface area (Å²) < 4.78 is 0. The summed E-state index contributed by atoms with van der Waals surface area (Å²) in [5.41, 5.74) is -0.171. The molecule has 0 aliphatic carbocycles. The van der Waals surface area contributed by atoms with Crippen LogP contribution in [0.15, 0.2) is 0 Å². The van der Waals surface area contributed by atoms with Crippen molar-refractivity contribution in [3.8, 4) is 0 Å². The van der Waals surface area contributed by atoms with Crippen molar-refractivity contribution >= 4 is 12.3 Å². The van der Waals surface area contributed by atoms with Crippen LogP contribution in [0.2, 0.25) is 0 Å². The Hall–Kier alpha value is -1.06. The Bertz CT molecular complexity index is 245. The first-order chi connectivity index (χ1) is 6.38. The Morgan fingerprint density at radius 3 is 2.43 bits per heavy atom. The van der Waals surface area contributed by atoms with Crippen LogP contribution in [0.4, 0.5) is 0 Å². The van der Waals surface area contributed by atoms with Crippen LogP contribution in [0.3, 0.4) is 0 Å². The van der Waals surface area contributed by atoms with Gasteiger partial charge in [-0.2, -0.15) is 0 Å². The van der Waals surface area contributed by atoms with Gasteiger partial charge in [0.2, 0.25) is 12.3 Å². The average molecular weight is 198 g/mol. The third-order valence-electron chi connectivity index (χ3n) is 2.55. The van der Waals surface area contributed by atoms with Gasteiger partial charge in [0.1, 0.15) is 6.04 Å². The average Bonchev–Trinajstić information content (AvgIpc) is 2.26. The number of nitrogens with zero attached hydrogens (tertiary/aromatic N) is 1. The number of carbonyl (C=O) groups excluding carboxylic acids is 2. The monoisotopic (exact) mass is 198 g/mol. The molecule has 0 bridgehead atoms. The van der Waals surface area contributed by atoms with E-state index in [9.17, 15) is 9.59 Å². The first kappa shape index (κ1) is 11.0. The number of carbonyl (C=O) groups is 2. The maximum absolute atomic E-state index is 11.9. The van der Waals surface area contributed by atoms with E-state index < -0.39 is 0 Å². The highest BCUT2D eigenvalue weighted by Crippen LogP contribution is 2.27. The van der Waals surface area contributed by atoms with Crippen LogP contribution in [-0.2, 0) is 9.59 Å². The standard InChI is InChI=1S/C10H18N2O2/c1-7-5-8(11-6-13)9(14)12(7)10(2,3)4/h6-8H,5H2,1-4H3,(H,11,13)/t7?,8-/m1/s1. The molecule has 2 amide bonds. The molecule has 2 atom stereocenters. The topological polar surface area (TPSA) is 49.4 Å². The van der Waals surface area contributed by atoms with Crippen molar-refractivity contribution in [2.24, 2.45) is 0 Å². The fourth-order valence-electron chi connectivity index (χ4n) is 2.15. The smallest absolute Gasteiger partial charge is 0.245 e. The molecule has 0 aromatic rings. The fraction of sp³-hybridized carbons (Fsp3) is 0.800. The van der Waals surface area contributed by atoms with E-state index in [1.54, 1.807) is 0 Å². The lowest BCUT2D eigenvalue weighted by molar-refractivity contribution is -0.135. The molecule has 0 spiro atoms. The van der Waals surface area contributed by atoms with Crippen LogP contribution in [0.5, 0.6) is 0 Å². The summed E-state index contributed by atoms with van der Waals surface area (Å²) in [5.74, 6) is 0.0251. The zero-order valence-corrected chi connectivity index (χ0v) is 9.20. The molecule has 1 aliphatic heterocycles. The molecule has 1 saturated heterocycles.